The number of benzene rings is 1. The van der Waals surface area contributed by atoms with Crippen LogP contribution >= 0.6 is 27.5 Å². The van der Waals surface area contributed by atoms with Gasteiger partial charge in [0.25, 0.3) is 5.56 Å². The molecule has 0 fully saturated rings. The van der Waals surface area contributed by atoms with Crippen molar-refractivity contribution >= 4 is 33.2 Å². The fourth-order valence-electron chi connectivity index (χ4n) is 1.42. The van der Waals surface area contributed by atoms with Gasteiger partial charge in [0.05, 0.1) is 9.50 Å². The SMILES string of the molecule is [2H]C([2H])([2H])C(Oc1c(Cl)cc(N)cc1Br)(c1ccc(=O)[nH]n1)C([2H])([2H])[2H]. The maximum Gasteiger partial charge on any atom is 0.264 e. The molecule has 106 valence electrons. The molecule has 3 N–H and O–H groups in total. The van der Waals surface area contributed by atoms with Gasteiger partial charge in [0.15, 0.2) is 5.75 Å². The van der Waals surface area contributed by atoms with Crippen LogP contribution in [0.15, 0.2) is 33.5 Å². The fourth-order valence-corrected chi connectivity index (χ4v) is 2.36. The number of nitrogens with zero attached hydrogens (tertiary/aromatic N) is 1. The third-order valence-corrected chi connectivity index (χ3v) is 3.19. The molecule has 1 aromatic heterocycles. The molecule has 0 aliphatic carbocycles. The van der Waals surface area contributed by atoms with Crippen LogP contribution in [0.25, 0.3) is 0 Å². The van der Waals surface area contributed by atoms with Crippen LogP contribution in [-0.4, -0.2) is 10.2 Å². The summed E-state index contributed by atoms with van der Waals surface area (Å²) in [7, 11) is 0. The molecule has 1 heterocycles. The highest BCUT2D eigenvalue weighted by molar-refractivity contribution is 9.10. The summed E-state index contributed by atoms with van der Waals surface area (Å²) in [5, 5.41) is 5.52. The van der Waals surface area contributed by atoms with Gasteiger partial charge in [-0.05, 0) is 47.8 Å². The maximum atomic E-state index is 11.3. The van der Waals surface area contributed by atoms with Crippen LogP contribution < -0.4 is 16.0 Å². The van der Waals surface area contributed by atoms with Gasteiger partial charge in [-0.25, -0.2) is 5.10 Å². The largest absolute Gasteiger partial charge is 0.479 e. The van der Waals surface area contributed by atoms with Gasteiger partial charge < -0.3 is 10.5 Å². The fraction of sp³-hybridized carbons (Fsp3) is 0.231. The molecule has 0 radical (unpaired) electrons. The van der Waals surface area contributed by atoms with Crippen molar-refractivity contribution in [1.29, 1.82) is 0 Å². The first-order valence-corrected chi connectivity index (χ1v) is 6.46. The Balaban J connectivity index is 2.80. The topological polar surface area (TPSA) is 81.0 Å². The van der Waals surface area contributed by atoms with Gasteiger partial charge >= 0.3 is 0 Å². The minimum absolute atomic E-state index is 0.0980. The van der Waals surface area contributed by atoms with Crippen LogP contribution in [0.1, 0.15) is 27.6 Å². The van der Waals surface area contributed by atoms with Gasteiger partial charge in [-0.15, -0.1) is 0 Å². The lowest BCUT2D eigenvalue weighted by molar-refractivity contribution is 0.102. The number of nitrogens with one attached hydrogen (secondary N) is 1. The van der Waals surface area contributed by atoms with Crippen molar-refractivity contribution in [2.75, 3.05) is 5.73 Å². The standard InChI is InChI=1S/C13H13BrClN3O2/c1-13(2,10-3-4-11(19)18-17-10)20-12-8(14)5-7(16)6-9(12)15/h3-6H,16H2,1-2H3,(H,18,19)/i1D3,2D3. The Kier molecular flexibility index (Phi) is 2.37. The number of aromatic nitrogens is 2. The third-order valence-electron chi connectivity index (χ3n) is 2.32. The second-order valence-electron chi connectivity index (χ2n) is 3.90. The molecule has 7 heteroatoms. The molecule has 1 aromatic carbocycles. The lowest BCUT2D eigenvalue weighted by Crippen LogP contribution is -2.28. The molecule has 2 aromatic rings. The molecule has 0 saturated heterocycles. The monoisotopic (exact) mass is 363 g/mol. The van der Waals surface area contributed by atoms with Gasteiger partial charge in [0.1, 0.15) is 11.3 Å². The van der Waals surface area contributed by atoms with Gasteiger partial charge in [-0.1, -0.05) is 11.6 Å². The van der Waals surface area contributed by atoms with Crippen LogP contribution in [0, 0.1) is 0 Å². The van der Waals surface area contributed by atoms with Gasteiger partial charge in [-0.2, -0.15) is 5.10 Å². The molecule has 0 bridgehead atoms. The number of H-pyrrole nitrogens is 1. The molecule has 5 nitrogen and oxygen atoms in total. The van der Waals surface area contributed by atoms with Crippen molar-refractivity contribution in [3.8, 4) is 5.75 Å². The lowest BCUT2D eigenvalue weighted by atomic mass is 10.0. The van der Waals surface area contributed by atoms with Crippen molar-refractivity contribution in [1.82, 2.24) is 10.2 Å². The summed E-state index contributed by atoms with van der Waals surface area (Å²) in [6, 6.07) is 4.60. The molecule has 0 atom stereocenters. The first kappa shape index (κ1) is 8.69. The van der Waals surface area contributed by atoms with E-state index < -0.39 is 30.6 Å². The Labute approximate surface area is 137 Å². The lowest BCUT2D eigenvalue weighted by Gasteiger charge is -2.26. The molecule has 0 spiro atoms. The van der Waals surface area contributed by atoms with Crippen LogP contribution in [0.5, 0.6) is 5.75 Å². The average molecular weight is 365 g/mol. The molecule has 0 unspecified atom stereocenters. The molecule has 20 heavy (non-hydrogen) atoms. The van der Waals surface area contributed by atoms with Crippen molar-refractivity contribution in [3.05, 3.63) is 49.8 Å². The Hall–Kier alpha value is -1.53. The number of rotatable bonds is 3. The number of anilines is 1. The van der Waals surface area contributed by atoms with E-state index >= 15 is 0 Å². The van der Waals surface area contributed by atoms with Gasteiger partial charge in [0, 0.05) is 20.0 Å². The smallest absolute Gasteiger partial charge is 0.264 e. The minimum atomic E-state index is -3.20. The molecule has 0 amide bonds. The normalized spacial score (nSPS) is 17.1. The number of nitrogens with two attached hydrogens (primary N) is 1. The van der Waals surface area contributed by atoms with E-state index in [4.69, 9.17) is 30.3 Å². The summed E-state index contributed by atoms with van der Waals surface area (Å²) in [5.41, 5.74) is 1.87. The predicted molar refractivity (Wildman–Crippen MR) is 82.1 cm³/mol. The number of nitrogen functional groups attached to an aromatic ring is 1. The summed E-state index contributed by atoms with van der Waals surface area (Å²) in [6.45, 7) is -6.40. The second-order valence-corrected chi connectivity index (χ2v) is 5.16. The van der Waals surface area contributed by atoms with E-state index in [9.17, 15) is 4.79 Å². The van der Waals surface area contributed by atoms with E-state index in [-0.39, 0.29) is 20.9 Å². The Morgan fingerprint density at radius 3 is 2.80 bits per heavy atom. The molecule has 2 rings (SSSR count). The third kappa shape index (κ3) is 3.13. The predicted octanol–water partition coefficient (Wildman–Crippen LogP) is 3.08. The quantitative estimate of drug-likeness (QED) is 0.820. The Morgan fingerprint density at radius 2 is 2.25 bits per heavy atom. The van der Waals surface area contributed by atoms with E-state index in [1.165, 1.54) is 12.1 Å². The van der Waals surface area contributed by atoms with Crippen molar-refractivity contribution < 1.29 is 13.0 Å². The first-order valence-electron chi connectivity index (χ1n) is 8.29. The first-order chi connectivity index (χ1) is 11.8. The summed E-state index contributed by atoms with van der Waals surface area (Å²) in [5.74, 6) is -0.235. The van der Waals surface area contributed by atoms with Crippen LogP contribution in [0.2, 0.25) is 5.02 Å². The van der Waals surface area contributed by atoms with Crippen molar-refractivity contribution in [3.63, 3.8) is 0 Å². The molecular formula is C13H13BrClN3O2. The van der Waals surface area contributed by atoms with Crippen molar-refractivity contribution in [2.24, 2.45) is 0 Å². The van der Waals surface area contributed by atoms with Gasteiger partial charge in [0.2, 0.25) is 0 Å². The highest BCUT2D eigenvalue weighted by Gasteiger charge is 2.27. The molecule has 0 aliphatic heterocycles. The molecular weight excluding hydrogens is 346 g/mol. The number of ether oxygens (including phenoxy) is 1. The van der Waals surface area contributed by atoms with Gasteiger partial charge in [-0.3, -0.25) is 4.79 Å². The molecule has 0 aliphatic rings. The van der Waals surface area contributed by atoms with Crippen LogP contribution in [0.3, 0.4) is 0 Å². The Bertz CT molecular complexity index is 826. The van der Waals surface area contributed by atoms with Crippen LogP contribution in [0.4, 0.5) is 5.69 Å². The highest BCUT2D eigenvalue weighted by Crippen LogP contribution is 2.39. The summed E-state index contributed by atoms with van der Waals surface area (Å²) in [4.78, 5) is 11.3. The number of hydrogen-bond donors (Lipinski definition) is 2. The highest BCUT2D eigenvalue weighted by atomic mass is 79.9. The number of hydrogen-bond acceptors (Lipinski definition) is 4. The number of halogens is 2. The number of aromatic amines is 1. The zero-order valence-corrected chi connectivity index (χ0v) is 12.2. The maximum absolute atomic E-state index is 11.3. The molecule has 0 saturated carbocycles. The van der Waals surface area contributed by atoms with Crippen LogP contribution in [-0.2, 0) is 5.60 Å². The zero-order valence-electron chi connectivity index (χ0n) is 15.9. The van der Waals surface area contributed by atoms with E-state index in [0.29, 0.717) is 0 Å². The summed E-state index contributed by atoms with van der Waals surface area (Å²) in [6.07, 6.45) is 0. The minimum Gasteiger partial charge on any atom is -0.479 e. The summed E-state index contributed by atoms with van der Waals surface area (Å²) >= 11 is 9.21. The van der Waals surface area contributed by atoms with Crippen molar-refractivity contribution in [2.45, 2.75) is 19.3 Å². The average Bonchev–Trinajstić information content (AvgIpc) is 2.45. The van der Waals surface area contributed by atoms with E-state index in [2.05, 4.69) is 21.0 Å². The van der Waals surface area contributed by atoms with E-state index in [1.54, 1.807) is 0 Å². The Morgan fingerprint density at radius 1 is 1.50 bits per heavy atom. The van der Waals surface area contributed by atoms with E-state index in [0.717, 1.165) is 12.1 Å². The summed E-state index contributed by atoms with van der Waals surface area (Å²) < 4.78 is 52.8. The zero-order chi connectivity index (χ0) is 19.9. The second kappa shape index (κ2) is 5.46. The van der Waals surface area contributed by atoms with E-state index in [1.807, 2.05) is 5.10 Å².